The molecule has 0 bridgehead atoms. The number of hydrogen-bond acceptors (Lipinski definition) is 6. The van der Waals surface area contributed by atoms with Gasteiger partial charge in [0.15, 0.2) is 28.2 Å². The summed E-state index contributed by atoms with van der Waals surface area (Å²) in [5.41, 5.74) is 0.190. The molecule has 0 saturated carbocycles. The number of benzene rings is 1. The van der Waals surface area contributed by atoms with Gasteiger partial charge in [0.25, 0.3) is 0 Å². The first-order valence-corrected chi connectivity index (χ1v) is 10.6. The van der Waals surface area contributed by atoms with Crippen molar-refractivity contribution in [2.45, 2.75) is 24.4 Å². The number of anilines is 1. The molecule has 172 valence electrons. The van der Waals surface area contributed by atoms with Gasteiger partial charge in [0.1, 0.15) is 17.7 Å². The van der Waals surface area contributed by atoms with Crippen LogP contribution in [0.5, 0.6) is 5.75 Å². The number of alkyl halides is 3. The first-order chi connectivity index (χ1) is 14.7. The molecule has 0 aliphatic rings. The van der Waals surface area contributed by atoms with Crippen molar-refractivity contribution in [1.82, 2.24) is 15.0 Å². The van der Waals surface area contributed by atoms with Crippen LogP contribution >= 0.6 is 0 Å². The second-order valence-corrected chi connectivity index (χ2v) is 8.77. The van der Waals surface area contributed by atoms with E-state index in [1.807, 2.05) is 0 Å². The van der Waals surface area contributed by atoms with E-state index in [-0.39, 0.29) is 22.1 Å². The minimum atomic E-state index is -5.12. The van der Waals surface area contributed by atoms with Gasteiger partial charge in [-0.3, -0.25) is 0 Å². The highest BCUT2D eigenvalue weighted by molar-refractivity contribution is 7.91. The topological polar surface area (TPSA) is 104 Å². The standard InChI is InChI=1S/C18H15F6N5O2S/c1-8-17(32(2,25)30)29-16(27-8)14(28-15-12(21)6-10(19)7-26-15)9-3-4-13(11(20)5-9)31-18(22,23)24/h3-7,14,25H,1-2H3,(H,26,28)(H,27,29). The molecule has 1 aromatic carbocycles. The van der Waals surface area contributed by atoms with Crippen LogP contribution in [0, 0.1) is 29.2 Å². The Balaban J connectivity index is 2.10. The molecule has 3 N–H and O–H groups in total. The number of imidazole rings is 1. The first kappa shape index (κ1) is 23.4. The van der Waals surface area contributed by atoms with Gasteiger partial charge in [-0.15, -0.1) is 13.2 Å². The maximum absolute atomic E-state index is 14.3. The summed E-state index contributed by atoms with van der Waals surface area (Å²) in [4.78, 5) is 10.4. The highest BCUT2D eigenvalue weighted by atomic mass is 32.2. The third-order valence-corrected chi connectivity index (χ3v) is 5.24. The molecule has 3 rings (SSSR count). The molecule has 0 saturated heterocycles. The van der Waals surface area contributed by atoms with Crippen LogP contribution in [0.25, 0.3) is 0 Å². The first-order valence-electron chi connectivity index (χ1n) is 8.67. The summed E-state index contributed by atoms with van der Waals surface area (Å²) in [5.74, 6) is -5.05. The highest BCUT2D eigenvalue weighted by Gasteiger charge is 2.33. The van der Waals surface area contributed by atoms with Crippen LogP contribution in [0.4, 0.5) is 32.2 Å². The van der Waals surface area contributed by atoms with Gasteiger partial charge >= 0.3 is 6.36 Å². The van der Waals surface area contributed by atoms with Crippen LogP contribution in [-0.2, 0) is 9.73 Å². The van der Waals surface area contributed by atoms with Crippen LogP contribution in [0.15, 0.2) is 35.5 Å². The fraction of sp³-hybridized carbons (Fsp3) is 0.222. The third kappa shape index (κ3) is 5.30. The monoisotopic (exact) mass is 479 g/mol. The minimum Gasteiger partial charge on any atom is -0.403 e. The Hall–Kier alpha value is -3.29. The lowest BCUT2D eigenvalue weighted by Crippen LogP contribution is -2.19. The maximum atomic E-state index is 14.3. The number of H-pyrrole nitrogens is 1. The number of nitrogens with one attached hydrogen (secondary N) is 3. The van der Waals surface area contributed by atoms with Crippen molar-refractivity contribution in [3.63, 3.8) is 0 Å². The summed E-state index contributed by atoms with van der Waals surface area (Å²) in [7, 11) is -3.28. The summed E-state index contributed by atoms with van der Waals surface area (Å²) in [6.45, 7) is 1.47. The summed E-state index contributed by atoms with van der Waals surface area (Å²) >= 11 is 0. The second kappa shape index (κ2) is 8.33. The minimum absolute atomic E-state index is 0.0459. The number of aromatic nitrogens is 3. The molecule has 2 heterocycles. The van der Waals surface area contributed by atoms with Gasteiger partial charge in [-0.2, -0.15) is 0 Å². The molecule has 32 heavy (non-hydrogen) atoms. The molecule has 0 aliphatic heterocycles. The van der Waals surface area contributed by atoms with E-state index in [0.717, 1.165) is 12.3 Å². The van der Waals surface area contributed by atoms with Gasteiger partial charge in [0.2, 0.25) is 0 Å². The molecule has 0 amide bonds. The normalized spacial score (nSPS) is 14.6. The number of aryl methyl sites for hydroxylation is 1. The molecule has 0 radical (unpaired) electrons. The summed E-state index contributed by atoms with van der Waals surface area (Å²) < 4.78 is 102. The van der Waals surface area contributed by atoms with Crippen molar-refractivity contribution >= 4 is 15.5 Å². The summed E-state index contributed by atoms with van der Waals surface area (Å²) in [5, 5.41) is 2.44. The van der Waals surface area contributed by atoms with Crippen LogP contribution < -0.4 is 10.1 Å². The Morgan fingerprint density at radius 1 is 1.19 bits per heavy atom. The number of halogens is 6. The smallest absolute Gasteiger partial charge is 0.403 e. The van der Waals surface area contributed by atoms with Crippen molar-refractivity contribution in [3.05, 3.63) is 65.0 Å². The van der Waals surface area contributed by atoms with Gasteiger partial charge in [-0.05, 0) is 24.6 Å². The molecule has 3 aromatic rings. The van der Waals surface area contributed by atoms with Gasteiger partial charge in [-0.1, -0.05) is 6.07 Å². The van der Waals surface area contributed by atoms with E-state index in [2.05, 4.69) is 25.0 Å². The Kier molecular flexibility index (Phi) is 6.09. The molecular formula is C18H15F6N5O2S. The van der Waals surface area contributed by atoms with Crippen LogP contribution in [0.3, 0.4) is 0 Å². The van der Waals surface area contributed by atoms with E-state index in [0.29, 0.717) is 24.4 Å². The number of pyridine rings is 1. The molecule has 0 fully saturated rings. The van der Waals surface area contributed by atoms with Gasteiger partial charge < -0.3 is 15.0 Å². The average molecular weight is 479 g/mol. The van der Waals surface area contributed by atoms with Crippen LogP contribution in [-0.4, -0.2) is 31.8 Å². The van der Waals surface area contributed by atoms with Gasteiger partial charge in [0.05, 0.1) is 15.9 Å². The van der Waals surface area contributed by atoms with Crippen molar-refractivity contribution in [2.24, 2.45) is 0 Å². The van der Waals surface area contributed by atoms with E-state index in [1.165, 1.54) is 6.92 Å². The SMILES string of the molecule is Cc1[nH]c(C(Nc2ncc(F)cc2F)c2ccc(OC(F)(F)F)c(F)c2)nc1S(C)(=N)=O. The zero-order chi connectivity index (χ0) is 23.8. The quantitative estimate of drug-likeness (QED) is 0.446. The molecule has 14 heteroatoms. The fourth-order valence-electron chi connectivity index (χ4n) is 2.85. The fourth-order valence-corrected chi connectivity index (χ4v) is 3.76. The molecule has 0 aliphatic carbocycles. The molecule has 7 nitrogen and oxygen atoms in total. The Bertz CT molecular complexity index is 1260. The zero-order valence-corrected chi connectivity index (χ0v) is 17.2. The van der Waals surface area contributed by atoms with Crippen molar-refractivity contribution < 1.29 is 35.3 Å². The van der Waals surface area contributed by atoms with Gasteiger partial charge in [0, 0.05) is 18.0 Å². The molecule has 2 unspecified atom stereocenters. The lowest BCUT2D eigenvalue weighted by Gasteiger charge is -2.19. The Morgan fingerprint density at radius 2 is 1.88 bits per heavy atom. The number of aromatic amines is 1. The van der Waals surface area contributed by atoms with E-state index in [4.69, 9.17) is 4.78 Å². The lowest BCUT2D eigenvalue weighted by atomic mass is 10.1. The van der Waals surface area contributed by atoms with Crippen molar-refractivity contribution in [2.75, 3.05) is 11.6 Å². The Morgan fingerprint density at radius 3 is 2.41 bits per heavy atom. The molecule has 0 spiro atoms. The highest BCUT2D eigenvalue weighted by Crippen LogP contribution is 2.32. The second-order valence-electron chi connectivity index (χ2n) is 6.69. The van der Waals surface area contributed by atoms with Crippen molar-refractivity contribution in [1.29, 1.82) is 4.78 Å². The van der Waals surface area contributed by atoms with E-state index in [1.54, 1.807) is 0 Å². The number of nitrogens with zero attached hydrogens (tertiary/aromatic N) is 2. The predicted molar refractivity (Wildman–Crippen MR) is 101 cm³/mol. The predicted octanol–water partition coefficient (Wildman–Crippen LogP) is 4.67. The number of rotatable bonds is 6. The number of ether oxygens (including phenoxy) is 1. The van der Waals surface area contributed by atoms with E-state index >= 15 is 0 Å². The van der Waals surface area contributed by atoms with Gasteiger partial charge in [-0.25, -0.2) is 32.1 Å². The van der Waals surface area contributed by atoms with E-state index < -0.39 is 51.2 Å². The van der Waals surface area contributed by atoms with E-state index in [9.17, 15) is 30.6 Å². The lowest BCUT2D eigenvalue weighted by molar-refractivity contribution is -0.275. The van der Waals surface area contributed by atoms with Crippen LogP contribution in [0.2, 0.25) is 0 Å². The third-order valence-electron chi connectivity index (χ3n) is 4.10. The summed E-state index contributed by atoms with van der Waals surface area (Å²) in [6, 6.07) is 1.75. The average Bonchev–Trinajstić information content (AvgIpc) is 3.04. The maximum Gasteiger partial charge on any atom is 0.573 e. The van der Waals surface area contributed by atoms with Crippen molar-refractivity contribution in [3.8, 4) is 5.75 Å². The largest absolute Gasteiger partial charge is 0.573 e. The molecule has 2 atom stereocenters. The summed E-state index contributed by atoms with van der Waals surface area (Å²) in [6.07, 6.45) is -3.29. The zero-order valence-electron chi connectivity index (χ0n) is 16.4. The Labute approximate surface area is 177 Å². The number of hydrogen-bond donors (Lipinski definition) is 3. The molecule has 2 aromatic heterocycles. The van der Waals surface area contributed by atoms with Crippen LogP contribution in [0.1, 0.15) is 23.1 Å². The molecular weight excluding hydrogens is 464 g/mol.